The monoisotopic (exact) mass is 501 g/mol. The summed E-state index contributed by atoms with van der Waals surface area (Å²) in [6.07, 6.45) is 0.131. The molecule has 0 aromatic heterocycles. The Kier molecular flexibility index (Phi) is 9.69. The van der Waals surface area contributed by atoms with Gasteiger partial charge in [0.25, 0.3) is 5.91 Å². The van der Waals surface area contributed by atoms with E-state index in [2.05, 4.69) is 22.5 Å². The molecule has 2 atom stereocenters. The van der Waals surface area contributed by atoms with Crippen molar-refractivity contribution in [1.29, 1.82) is 0 Å². The van der Waals surface area contributed by atoms with Gasteiger partial charge in [0.05, 0.1) is 12.1 Å². The van der Waals surface area contributed by atoms with E-state index in [-0.39, 0.29) is 43.1 Å². The minimum Gasteiger partial charge on any atom is -0.491 e. The maximum Gasteiger partial charge on any atom is 0.255 e. The maximum atomic E-state index is 13.4. The van der Waals surface area contributed by atoms with Crippen LogP contribution in [0.4, 0.5) is 0 Å². The van der Waals surface area contributed by atoms with E-state index < -0.39 is 18.0 Å². The van der Waals surface area contributed by atoms with Crippen LogP contribution < -0.4 is 15.4 Å². The fourth-order valence-electron chi connectivity index (χ4n) is 4.45. The number of carbonyl (C=O) groups excluding carboxylic acids is 4. The number of rotatable bonds is 3. The lowest BCUT2D eigenvalue weighted by Gasteiger charge is -2.36. The van der Waals surface area contributed by atoms with Crippen molar-refractivity contribution in [3.05, 3.63) is 29.8 Å². The Balaban J connectivity index is 1.86. The largest absolute Gasteiger partial charge is 0.491 e. The zero-order chi connectivity index (χ0) is 26.2. The number of nitrogens with one attached hydrogen (secondary N) is 2. The van der Waals surface area contributed by atoms with Gasteiger partial charge in [0.15, 0.2) is 0 Å². The molecule has 1 saturated heterocycles. The van der Waals surface area contributed by atoms with Crippen molar-refractivity contribution < 1.29 is 23.9 Å². The van der Waals surface area contributed by atoms with Gasteiger partial charge in [-0.1, -0.05) is 32.9 Å². The molecule has 2 aliphatic heterocycles. The number of hydrogen-bond acceptors (Lipinski definition) is 6. The molecular formula is C26H39N5O5. The normalized spacial score (nSPS) is 23.2. The molecule has 0 bridgehead atoms. The molecule has 1 aromatic rings. The molecule has 0 saturated carbocycles. The molecule has 2 N–H and O–H groups in total. The van der Waals surface area contributed by atoms with Gasteiger partial charge in [-0.3, -0.25) is 19.2 Å². The lowest BCUT2D eigenvalue weighted by Crippen LogP contribution is -2.55. The van der Waals surface area contributed by atoms with Crippen LogP contribution in [-0.4, -0.2) is 103 Å². The van der Waals surface area contributed by atoms with Crippen LogP contribution in [0.5, 0.6) is 5.75 Å². The number of benzene rings is 1. The number of fused-ring (bicyclic) bond motifs is 1. The first-order chi connectivity index (χ1) is 17.2. The van der Waals surface area contributed by atoms with Crippen molar-refractivity contribution in [1.82, 2.24) is 25.3 Å². The van der Waals surface area contributed by atoms with Crippen molar-refractivity contribution in [3.8, 4) is 5.75 Å². The number of ether oxygens (including phenoxy) is 1. The molecule has 198 valence electrons. The molecule has 4 amide bonds. The summed E-state index contributed by atoms with van der Waals surface area (Å²) in [5, 5.41) is 5.69. The van der Waals surface area contributed by atoms with E-state index in [1.807, 2.05) is 13.8 Å². The first-order valence-corrected chi connectivity index (χ1v) is 12.8. The Morgan fingerprint density at radius 2 is 1.75 bits per heavy atom. The molecule has 0 aliphatic carbocycles. The van der Waals surface area contributed by atoms with Crippen LogP contribution in [0.25, 0.3) is 0 Å². The van der Waals surface area contributed by atoms with Crippen LogP contribution >= 0.6 is 0 Å². The third-order valence-electron chi connectivity index (χ3n) is 6.84. The van der Waals surface area contributed by atoms with E-state index in [0.29, 0.717) is 30.9 Å². The Morgan fingerprint density at radius 3 is 2.42 bits per heavy atom. The molecule has 1 fully saturated rings. The lowest BCUT2D eigenvalue weighted by atomic mass is 10.0. The first-order valence-electron chi connectivity index (χ1n) is 12.8. The van der Waals surface area contributed by atoms with Crippen molar-refractivity contribution >= 4 is 23.6 Å². The van der Waals surface area contributed by atoms with Crippen LogP contribution in [0.1, 0.15) is 44.0 Å². The molecule has 2 aliphatic rings. The zero-order valence-corrected chi connectivity index (χ0v) is 21.8. The van der Waals surface area contributed by atoms with Crippen molar-refractivity contribution in [2.45, 2.75) is 45.7 Å². The molecule has 1 aromatic carbocycles. The molecule has 0 spiro atoms. The van der Waals surface area contributed by atoms with Gasteiger partial charge >= 0.3 is 0 Å². The standard InChI is InChI=1S/C26H39N5O5/c1-5-30-12-14-31(15-13-30)25(34)20-10-11-22(32)28-23(18(2)3)26(35)29(4)16-17-36-21-9-7-6-8-19(21)24(33)27-20/h6-9,18,20,23H,5,10-17H2,1-4H3,(H,27,33)(H,28,32)/t20-,23-/m0/s1. The predicted molar refractivity (Wildman–Crippen MR) is 136 cm³/mol. The molecular weight excluding hydrogens is 462 g/mol. The second-order valence-electron chi connectivity index (χ2n) is 9.72. The van der Waals surface area contributed by atoms with Gasteiger partial charge in [-0.05, 0) is 31.0 Å². The third-order valence-corrected chi connectivity index (χ3v) is 6.84. The molecule has 2 heterocycles. The summed E-state index contributed by atoms with van der Waals surface area (Å²) in [7, 11) is 1.66. The van der Waals surface area contributed by atoms with Crippen LogP contribution in [0.15, 0.2) is 24.3 Å². The topological polar surface area (TPSA) is 111 Å². The number of hydrogen-bond donors (Lipinski definition) is 2. The Morgan fingerprint density at radius 1 is 1.06 bits per heavy atom. The summed E-state index contributed by atoms with van der Waals surface area (Å²) < 4.78 is 5.86. The number of para-hydroxylation sites is 1. The molecule has 0 radical (unpaired) electrons. The second kappa shape index (κ2) is 12.7. The quantitative estimate of drug-likeness (QED) is 0.632. The van der Waals surface area contributed by atoms with E-state index in [0.717, 1.165) is 19.6 Å². The highest BCUT2D eigenvalue weighted by Gasteiger charge is 2.32. The number of amides is 4. The molecule has 3 rings (SSSR count). The summed E-state index contributed by atoms with van der Waals surface area (Å²) >= 11 is 0. The zero-order valence-electron chi connectivity index (χ0n) is 21.8. The van der Waals surface area contributed by atoms with Gasteiger partial charge in [-0.15, -0.1) is 0 Å². The number of nitrogens with zero attached hydrogens (tertiary/aromatic N) is 3. The number of carbonyl (C=O) groups is 4. The highest BCUT2D eigenvalue weighted by Crippen LogP contribution is 2.19. The second-order valence-corrected chi connectivity index (χ2v) is 9.72. The third kappa shape index (κ3) is 6.96. The van der Waals surface area contributed by atoms with Crippen molar-refractivity contribution in [2.75, 3.05) is 52.9 Å². The minimum atomic E-state index is -0.870. The summed E-state index contributed by atoms with van der Waals surface area (Å²) in [6.45, 7) is 9.90. The minimum absolute atomic E-state index is 0.00394. The summed E-state index contributed by atoms with van der Waals surface area (Å²) in [5.74, 6) is -0.913. The highest BCUT2D eigenvalue weighted by atomic mass is 16.5. The smallest absolute Gasteiger partial charge is 0.255 e. The van der Waals surface area contributed by atoms with Crippen LogP contribution in [0, 0.1) is 5.92 Å². The van der Waals surface area contributed by atoms with Crippen LogP contribution in [0.3, 0.4) is 0 Å². The Bertz CT molecular complexity index is 944. The van der Waals surface area contributed by atoms with Crippen LogP contribution in [0.2, 0.25) is 0 Å². The van der Waals surface area contributed by atoms with Gasteiger partial charge in [0.2, 0.25) is 17.7 Å². The predicted octanol–water partition coefficient (Wildman–Crippen LogP) is 0.721. The van der Waals surface area contributed by atoms with E-state index in [1.54, 1.807) is 36.2 Å². The van der Waals surface area contributed by atoms with E-state index >= 15 is 0 Å². The van der Waals surface area contributed by atoms with Gasteiger partial charge in [0.1, 0.15) is 24.4 Å². The van der Waals surface area contributed by atoms with E-state index in [9.17, 15) is 19.2 Å². The molecule has 0 unspecified atom stereocenters. The van der Waals surface area contributed by atoms with Crippen LogP contribution in [-0.2, 0) is 14.4 Å². The Hall–Kier alpha value is -3.14. The number of piperazine rings is 1. The summed E-state index contributed by atoms with van der Waals surface area (Å²) in [6, 6.07) is 5.27. The van der Waals surface area contributed by atoms with Crippen molar-refractivity contribution in [3.63, 3.8) is 0 Å². The molecule has 10 nitrogen and oxygen atoms in total. The summed E-state index contributed by atoms with van der Waals surface area (Å²) in [5.41, 5.74) is 0.305. The highest BCUT2D eigenvalue weighted by molar-refractivity contribution is 6.00. The average molecular weight is 502 g/mol. The van der Waals surface area contributed by atoms with Gasteiger partial charge in [-0.2, -0.15) is 0 Å². The van der Waals surface area contributed by atoms with Gasteiger partial charge in [0, 0.05) is 39.6 Å². The molecule has 36 heavy (non-hydrogen) atoms. The van der Waals surface area contributed by atoms with E-state index in [4.69, 9.17) is 4.74 Å². The molecule has 10 heteroatoms. The number of likely N-dealkylation sites (N-methyl/N-ethyl adjacent to an activating group) is 2. The van der Waals surface area contributed by atoms with Crippen molar-refractivity contribution in [2.24, 2.45) is 5.92 Å². The average Bonchev–Trinajstić information content (AvgIpc) is 2.88. The Labute approximate surface area is 213 Å². The fraction of sp³-hybridized carbons (Fsp3) is 0.615. The first kappa shape index (κ1) is 27.4. The lowest BCUT2D eigenvalue weighted by molar-refractivity contribution is -0.137. The SMILES string of the molecule is CCN1CCN(C(=O)[C@@H]2CCC(=O)N[C@@H](C(C)C)C(=O)N(C)CCOc3ccccc3C(=O)N2)CC1. The fourth-order valence-corrected chi connectivity index (χ4v) is 4.45. The van der Waals surface area contributed by atoms with Gasteiger partial charge < -0.3 is 30.1 Å². The van der Waals surface area contributed by atoms with Gasteiger partial charge in [-0.25, -0.2) is 0 Å². The van der Waals surface area contributed by atoms with E-state index in [1.165, 1.54) is 4.90 Å². The maximum absolute atomic E-state index is 13.4. The summed E-state index contributed by atoms with van der Waals surface area (Å²) in [4.78, 5) is 58.1.